The summed E-state index contributed by atoms with van der Waals surface area (Å²) in [6.45, 7) is 0.495. The van der Waals surface area contributed by atoms with Crippen LogP contribution in [0.3, 0.4) is 0 Å². The molecule has 0 saturated heterocycles. The summed E-state index contributed by atoms with van der Waals surface area (Å²) in [6, 6.07) is 7.97. The molecule has 0 aromatic heterocycles. The van der Waals surface area contributed by atoms with E-state index < -0.39 is 24.4 Å². The number of rotatable bonds is 4. The summed E-state index contributed by atoms with van der Waals surface area (Å²) in [5.74, 6) is 0.305. The van der Waals surface area contributed by atoms with Gasteiger partial charge in [-0.25, -0.2) is 9.18 Å². The van der Waals surface area contributed by atoms with Gasteiger partial charge in [-0.1, -0.05) is 0 Å². The Morgan fingerprint density at radius 3 is 2.65 bits per heavy atom. The van der Waals surface area contributed by atoms with E-state index in [0.29, 0.717) is 34.9 Å². The van der Waals surface area contributed by atoms with Crippen molar-refractivity contribution in [2.75, 3.05) is 25.1 Å². The Kier molecular flexibility index (Phi) is 5.57. The second kappa shape index (κ2) is 8.05. The first-order valence-corrected chi connectivity index (χ1v) is 8.39. The molecule has 0 aliphatic carbocycles. The Hall–Kier alpha value is -2.81. The van der Waals surface area contributed by atoms with Crippen molar-refractivity contribution in [1.82, 2.24) is 5.32 Å². The first kappa shape index (κ1) is 18.0. The van der Waals surface area contributed by atoms with Crippen molar-refractivity contribution in [3.63, 3.8) is 0 Å². The van der Waals surface area contributed by atoms with Crippen molar-refractivity contribution in [1.29, 1.82) is 0 Å². The zero-order chi connectivity index (χ0) is 18.5. The number of imide groups is 1. The second-order valence-corrected chi connectivity index (χ2v) is 6.08. The van der Waals surface area contributed by atoms with Gasteiger partial charge in [-0.3, -0.25) is 10.1 Å². The van der Waals surface area contributed by atoms with Gasteiger partial charge < -0.3 is 19.5 Å². The summed E-state index contributed by atoms with van der Waals surface area (Å²) in [4.78, 5) is 23.7. The van der Waals surface area contributed by atoms with Crippen LogP contribution in [0.5, 0.6) is 17.2 Å². The molecular formula is C17H14BrFN2O5. The predicted molar refractivity (Wildman–Crippen MR) is 94.2 cm³/mol. The summed E-state index contributed by atoms with van der Waals surface area (Å²) in [5, 5.41) is 4.65. The molecule has 3 rings (SSSR count). The topological polar surface area (TPSA) is 85.9 Å². The van der Waals surface area contributed by atoms with Crippen LogP contribution in [0.2, 0.25) is 0 Å². The third kappa shape index (κ3) is 4.63. The predicted octanol–water partition coefficient (Wildman–Crippen LogP) is 3.09. The van der Waals surface area contributed by atoms with E-state index in [4.69, 9.17) is 14.2 Å². The van der Waals surface area contributed by atoms with Gasteiger partial charge in [0.05, 0.1) is 4.47 Å². The van der Waals surface area contributed by atoms with E-state index in [1.54, 1.807) is 18.2 Å². The fourth-order valence-corrected chi connectivity index (χ4v) is 2.65. The number of hydrogen-bond acceptors (Lipinski definition) is 5. The van der Waals surface area contributed by atoms with Gasteiger partial charge in [0.15, 0.2) is 18.1 Å². The molecule has 0 saturated carbocycles. The summed E-state index contributed by atoms with van der Waals surface area (Å²) in [5.41, 5.74) is 0.446. The van der Waals surface area contributed by atoms with Crippen LogP contribution < -0.4 is 24.8 Å². The Bertz CT molecular complexity index is 846. The van der Waals surface area contributed by atoms with Crippen molar-refractivity contribution < 1.29 is 28.2 Å². The van der Waals surface area contributed by atoms with Crippen molar-refractivity contribution in [2.24, 2.45) is 0 Å². The monoisotopic (exact) mass is 424 g/mol. The Morgan fingerprint density at radius 2 is 1.88 bits per heavy atom. The van der Waals surface area contributed by atoms with Crippen LogP contribution in [-0.2, 0) is 4.79 Å². The molecule has 2 aromatic rings. The molecule has 0 radical (unpaired) electrons. The molecule has 0 bridgehead atoms. The average Bonchev–Trinajstić information content (AvgIpc) is 2.60. The van der Waals surface area contributed by atoms with Crippen molar-refractivity contribution in [2.45, 2.75) is 0 Å². The normalized spacial score (nSPS) is 12.2. The van der Waals surface area contributed by atoms with Crippen LogP contribution in [0, 0.1) is 5.82 Å². The first-order chi connectivity index (χ1) is 12.5. The van der Waals surface area contributed by atoms with Gasteiger partial charge in [-0.2, -0.15) is 0 Å². The highest BCUT2D eigenvalue weighted by Crippen LogP contribution is 2.32. The van der Waals surface area contributed by atoms with E-state index in [-0.39, 0.29) is 5.75 Å². The van der Waals surface area contributed by atoms with Gasteiger partial charge in [0, 0.05) is 11.8 Å². The molecule has 9 heteroatoms. The number of halogens is 2. The van der Waals surface area contributed by atoms with E-state index in [2.05, 4.69) is 26.6 Å². The highest BCUT2D eigenvalue weighted by atomic mass is 79.9. The van der Waals surface area contributed by atoms with Gasteiger partial charge in [0.25, 0.3) is 5.91 Å². The highest BCUT2D eigenvalue weighted by Gasteiger charge is 2.14. The van der Waals surface area contributed by atoms with Gasteiger partial charge in [0.1, 0.15) is 24.8 Å². The molecule has 1 aliphatic rings. The molecule has 26 heavy (non-hydrogen) atoms. The minimum Gasteiger partial charge on any atom is -0.486 e. The summed E-state index contributed by atoms with van der Waals surface area (Å²) < 4.78 is 29.4. The van der Waals surface area contributed by atoms with Crippen LogP contribution in [0.15, 0.2) is 40.9 Å². The molecule has 136 valence electrons. The number of fused-ring (bicyclic) bond motifs is 1. The molecule has 0 spiro atoms. The number of amides is 3. The molecule has 2 aromatic carbocycles. The van der Waals surface area contributed by atoms with Crippen molar-refractivity contribution >= 4 is 33.6 Å². The van der Waals surface area contributed by atoms with Crippen LogP contribution in [0.1, 0.15) is 0 Å². The smallest absolute Gasteiger partial charge is 0.325 e. The fraction of sp³-hybridized carbons (Fsp3) is 0.176. The fourth-order valence-electron chi connectivity index (χ4n) is 2.18. The van der Waals surface area contributed by atoms with Crippen molar-refractivity contribution in [3.8, 4) is 17.2 Å². The average molecular weight is 425 g/mol. The number of anilines is 1. The van der Waals surface area contributed by atoms with Crippen LogP contribution in [0.25, 0.3) is 0 Å². The number of carbonyl (C=O) groups excluding carboxylic acids is 2. The number of carbonyl (C=O) groups is 2. The number of hydrogen-bond donors (Lipinski definition) is 2. The number of benzene rings is 2. The lowest BCUT2D eigenvalue weighted by Gasteiger charge is -2.19. The Labute approximate surface area is 156 Å². The quantitative estimate of drug-likeness (QED) is 0.787. The first-order valence-electron chi connectivity index (χ1n) is 7.59. The molecule has 0 fully saturated rings. The van der Waals surface area contributed by atoms with Crippen LogP contribution >= 0.6 is 15.9 Å². The van der Waals surface area contributed by atoms with E-state index in [9.17, 15) is 14.0 Å². The second-order valence-electron chi connectivity index (χ2n) is 5.22. The molecule has 0 unspecified atom stereocenters. The van der Waals surface area contributed by atoms with E-state index in [1.807, 2.05) is 0 Å². The molecule has 7 nitrogen and oxygen atoms in total. The number of urea groups is 1. The minimum atomic E-state index is -0.714. The maximum atomic E-state index is 13.0. The molecule has 1 aliphatic heterocycles. The molecule has 1 heterocycles. The Morgan fingerprint density at radius 1 is 1.12 bits per heavy atom. The third-order valence-corrected chi connectivity index (χ3v) is 3.93. The van der Waals surface area contributed by atoms with Gasteiger partial charge in [-0.15, -0.1) is 0 Å². The third-order valence-electron chi connectivity index (χ3n) is 3.31. The largest absolute Gasteiger partial charge is 0.486 e. The lowest BCUT2D eigenvalue weighted by atomic mass is 10.2. The molecule has 0 atom stereocenters. The van der Waals surface area contributed by atoms with Gasteiger partial charge in [0.2, 0.25) is 0 Å². The maximum absolute atomic E-state index is 13.0. The minimum absolute atomic E-state index is 0.286. The molecular weight excluding hydrogens is 411 g/mol. The Balaban J connectivity index is 1.50. The van der Waals surface area contributed by atoms with Crippen LogP contribution in [0.4, 0.5) is 14.9 Å². The standard InChI is InChI=1S/C17H14BrFN2O5/c18-12-7-10(19)1-3-13(12)26-9-16(22)21-17(23)20-11-2-4-14-15(8-11)25-6-5-24-14/h1-4,7-8H,5-6,9H2,(H2,20,21,22,23). The van der Waals surface area contributed by atoms with E-state index in [0.717, 1.165) is 0 Å². The summed E-state index contributed by atoms with van der Waals surface area (Å²) >= 11 is 3.12. The number of ether oxygens (including phenoxy) is 3. The zero-order valence-electron chi connectivity index (χ0n) is 13.4. The summed E-state index contributed by atoms with van der Waals surface area (Å²) in [6.07, 6.45) is 0. The van der Waals surface area contributed by atoms with E-state index >= 15 is 0 Å². The molecule has 3 amide bonds. The molecule has 2 N–H and O–H groups in total. The van der Waals surface area contributed by atoms with Crippen LogP contribution in [-0.4, -0.2) is 31.8 Å². The number of nitrogens with one attached hydrogen (secondary N) is 2. The van der Waals surface area contributed by atoms with E-state index in [1.165, 1.54) is 18.2 Å². The highest BCUT2D eigenvalue weighted by molar-refractivity contribution is 9.10. The summed E-state index contributed by atoms with van der Waals surface area (Å²) in [7, 11) is 0. The lowest BCUT2D eigenvalue weighted by molar-refractivity contribution is -0.121. The van der Waals surface area contributed by atoms with Gasteiger partial charge >= 0.3 is 6.03 Å². The SMILES string of the molecule is O=C(COc1ccc(F)cc1Br)NC(=O)Nc1ccc2c(c1)OCCO2. The lowest BCUT2D eigenvalue weighted by Crippen LogP contribution is -2.37. The van der Waals surface area contributed by atoms with Crippen molar-refractivity contribution in [3.05, 3.63) is 46.7 Å². The zero-order valence-corrected chi connectivity index (χ0v) is 15.0. The van der Waals surface area contributed by atoms with Gasteiger partial charge in [-0.05, 0) is 46.3 Å². The maximum Gasteiger partial charge on any atom is 0.325 e.